The molecule has 0 spiro atoms. The predicted octanol–water partition coefficient (Wildman–Crippen LogP) is -0.206. The fourth-order valence-corrected chi connectivity index (χ4v) is 0.971. The Morgan fingerprint density at radius 1 is 1.33 bits per heavy atom. The van der Waals surface area contributed by atoms with Crippen LogP contribution in [0.5, 0.6) is 0 Å². The van der Waals surface area contributed by atoms with Crippen LogP contribution < -0.4 is 11.1 Å². The van der Waals surface area contributed by atoms with Crippen molar-refractivity contribution >= 4 is 11.8 Å². The molecule has 0 saturated carbocycles. The molecule has 3 N–H and O–H groups in total. The lowest BCUT2D eigenvalue weighted by Crippen LogP contribution is -2.43. The first-order valence-electron chi connectivity index (χ1n) is 4.20. The third-order valence-corrected chi connectivity index (χ3v) is 1.73. The van der Waals surface area contributed by atoms with Gasteiger partial charge in [0.15, 0.2) is 6.04 Å². The fraction of sp³-hybridized carbons (Fsp3) is 0.100. The van der Waals surface area contributed by atoms with Crippen LogP contribution in [0, 0.1) is 11.3 Å². The predicted molar refractivity (Wildman–Crippen MR) is 52.5 cm³/mol. The average Bonchev–Trinajstić information content (AvgIpc) is 2.26. The molecule has 5 nitrogen and oxygen atoms in total. The number of nitrogens with one attached hydrogen (secondary N) is 1. The van der Waals surface area contributed by atoms with Crippen LogP contribution in [0.4, 0.5) is 0 Å². The highest BCUT2D eigenvalue weighted by atomic mass is 16.2. The Morgan fingerprint density at radius 3 is 2.40 bits per heavy atom. The highest BCUT2D eigenvalue weighted by Crippen LogP contribution is 1.98. The van der Waals surface area contributed by atoms with Crippen molar-refractivity contribution in [3.63, 3.8) is 0 Å². The van der Waals surface area contributed by atoms with Crippen molar-refractivity contribution in [3.05, 3.63) is 35.9 Å². The molecule has 0 fully saturated rings. The number of benzene rings is 1. The van der Waals surface area contributed by atoms with Gasteiger partial charge in [0.2, 0.25) is 0 Å². The van der Waals surface area contributed by atoms with Gasteiger partial charge >= 0.3 is 0 Å². The molecule has 0 unspecified atom stereocenters. The summed E-state index contributed by atoms with van der Waals surface area (Å²) in [5.41, 5.74) is 5.27. The molecule has 1 aromatic carbocycles. The summed E-state index contributed by atoms with van der Waals surface area (Å²) in [4.78, 5) is 22.1. The molecule has 0 saturated heterocycles. The minimum absolute atomic E-state index is 0.374. The van der Waals surface area contributed by atoms with Crippen LogP contribution >= 0.6 is 0 Å². The van der Waals surface area contributed by atoms with Crippen LogP contribution in [0.25, 0.3) is 0 Å². The number of rotatable bonds is 3. The van der Waals surface area contributed by atoms with Gasteiger partial charge in [-0.1, -0.05) is 18.2 Å². The molecule has 76 valence electrons. The Hall–Kier alpha value is -2.35. The topological polar surface area (TPSA) is 96.0 Å². The molecule has 1 atom stereocenters. The van der Waals surface area contributed by atoms with Crippen LogP contribution in [0.2, 0.25) is 0 Å². The number of nitrogens with two attached hydrogens (primary N) is 1. The molecule has 0 bridgehead atoms. The summed E-state index contributed by atoms with van der Waals surface area (Å²) in [7, 11) is 0. The number of nitrogens with zero attached hydrogens (tertiary/aromatic N) is 1. The Kier molecular flexibility index (Phi) is 3.41. The van der Waals surface area contributed by atoms with Gasteiger partial charge in [-0.3, -0.25) is 9.59 Å². The first kappa shape index (κ1) is 10.7. The van der Waals surface area contributed by atoms with Gasteiger partial charge in [-0.05, 0) is 12.1 Å². The standard InChI is InChI=1S/C10H9N3O2/c11-6-8(9(12)14)13-10(15)7-4-2-1-3-5-7/h1-5,8H,(H2,12,14)(H,13,15)/t8-/m0/s1. The summed E-state index contributed by atoms with van der Waals surface area (Å²) < 4.78 is 0. The van der Waals surface area contributed by atoms with Gasteiger partial charge < -0.3 is 11.1 Å². The molecular weight excluding hydrogens is 194 g/mol. The van der Waals surface area contributed by atoms with Gasteiger partial charge in [-0.2, -0.15) is 5.26 Å². The molecule has 0 radical (unpaired) electrons. The van der Waals surface area contributed by atoms with Crippen molar-refractivity contribution in [2.24, 2.45) is 5.73 Å². The number of hydrogen-bond acceptors (Lipinski definition) is 3. The van der Waals surface area contributed by atoms with E-state index in [1.807, 2.05) is 0 Å². The second kappa shape index (κ2) is 4.77. The van der Waals surface area contributed by atoms with E-state index in [0.717, 1.165) is 0 Å². The van der Waals surface area contributed by atoms with Gasteiger partial charge in [0.25, 0.3) is 11.8 Å². The summed E-state index contributed by atoms with van der Waals surface area (Å²) in [5, 5.41) is 10.7. The second-order valence-corrected chi connectivity index (χ2v) is 2.80. The van der Waals surface area contributed by atoms with Gasteiger partial charge in [0.05, 0.1) is 6.07 Å². The molecule has 0 heterocycles. The van der Waals surface area contributed by atoms with Gasteiger partial charge in [0, 0.05) is 5.56 Å². The van der Waals surface area contributed by atoms with E-state index in [0.29, 0.717) is 5.56 Å². The monoisotopic (exact) mass is 203 g/mol. The minimum atomic E-state index is -1.29. The van der Waals surface area contributed by atoms with E-state index in [9.17, 15) is 9.59 Å². The summed E-state index contributed by atoms with van der Waals surface area (Å²) in [6, 6.07) is 8.57. The number of nitriles is 1. The summed E-state index contributed by atoms with van der Waals surface area (Å²) in [5.74, 6) is -1.37. The molecule has 0 aliphatic carbocycles. The van der Waals surface area contributed by atoms with Gasteiger partial charge in [-0.15, -0.1) is 0 Å². The first-order chi connectivity index (χ1) is 7.15. The van der Waals surface area contributed by atoms with Gasteiger partial charge in [0.1, 0.15) is 0 Å². The molecule has 5 heteroatoms. The van der Waals surface area contributed by atoms with Crippen molar-refractivity contribution in [1.29, 1.82) is 5.26 Å². The van der Waals surface area contributed by atoms with Crippen molar-refractivity contribution in [3.8, 4) is 6.07 Å². The molecule has 1 aromatic rings. The zero-order chi connectivity index (χ0) is 11.3. The molecule has 0 aliphatic heterocycles. The summed E-state index contributed by atoms with van der Waals surface area (Å²) >= 11 is 0. The van der Waals surface area contributed by atoms with E-state index >= 15 is 0 Å². The van der Waals surface area contributed by atoms with E-state index in [4.69, 9.17) is 11.0 Å². The maximum atomic E-state index is 11.4. The Balaban J connectivity index is 2.73. The molecule has 0 aliphatic rings. The number of hydrogen-bond donors (Lipinski definition) is 2. The number of carbonyl (C=O) groups excluding carboxylic acids is 2. The molecule has 0 aromatic heterocycles. The fourth-order valence-electron chi connectivity index (χ4n) is 0.971. The molecule has 15 heavy (non-hydrogen) atoms. The zero-order valence-electron chi connectivity index (χ0n) is 7.81. The van der Waals surface area contributed by atoms with Gasteiger partial charge in [-0.25, -0.2) is 0 Å². The summed E-state index contributed by atoms with van der Waals surface area (Å²) in [6.45, 7) is 0. The zero-order valence-corrected chi connectivity index (χ0v) is 7.81. The third kappa shape index (κ3) is 2.81. The Morgan fingerprint density at radius 2 is 1.93 bits per heavy atom. The third-order valence-electron chi connectivity index (χ3n) is 1.73. The Labute approximate surface area is 86.5 Å². The van der Waals surface area contributed by atoms with Crippen molar-refractivity contribution in [2.75, 3.05) is 0 Å². The van der Waals surface area contributed by atoms with Crippen LogP contribution in [0.15, 0.2) is 30.3 Å². The highest BCUT2D eigenvalue weighted by molar-refractivity contribution is 5.98. The van der Waals surface area contributed by atoms with E-state index in [1.54, 1.807) is 36.4 Å². The molecule has 1 rings (SSSR count). The van der Waals surface area contributed by atoms with Crippen molar-refractivity contribution in [1.82, 2.24) is 5.32 Å². The lowest BCUT2D eigenvalue weighted by atomic mass is 10.2. The SMILES string of the molecule is N#C[C@H](NC(=O)c1ccccc1)C(N)=O. The maximum Gasteiger partial charge on any atom is 0.254 e. The van der Waals surface area contributed by atoms with Crippen LogP contribution in [0.1, 0.15) is 10.4 Å². The quantitative estimate of drug-likeness (QED) is 0.711. The molecular formula is C10H9N3O2. The number of amides is 2. The van der Waals surface area contributed by atoms with E-state index < -0.39 is 17.9 Å². The molecule has 2 amide bonds. The maximum absolute atomic E-state index is 11.4. The minimum Gasteiger partial charge on any atom is -0.367 e. The summed E-state index contributed by atoms with van der Waals surface area (Å²) in [6.07, 6.45) is 0. The van der Waals surface area contributed by atoms with E-state index in [2.05, 4.69) is 5.32 Å². The van der Waals surface area contributed by atoms with Crippen molar-refractivity contribution < 1.29 is 9.59 Å². The first-order valence-corrected chi connectivity index (χ1v) is 4.20. The van der Waals surface area contributed by atoms with Crippen LogP contribution in [-0.2, 0) is 4.79 Å². The van der Waals surface area contributed by atoms with E-state index in [-0.39, 0.29) is 0 Å². The number of primary amides is 1. The van der Waals surface area contributed by atoms with Crippen LogP contribution in [-0.4, -0.2) is 17.9 Å². The lowest BCUT2D eigenvalue weighted by Gasteiger charge is -2.07. The normalized spacial score (nSPS) is 11.1. The van der Waals surface area contributed by atoms with Crippen molar-refractivity contribution in [2.45, 2.75) is 6.04 Å². The lowest BCUT2D eigenvalue weighted by molar-refractivity contribution is -0.118. The highest BCUT2D eigenvalue weighted by Gasteiger charge is 2.17. The Bertz CT molecular complexity index is 408. The van der Waals surface area contributed by atoms with Crippen LogP contribution in [0.3, 0.4) is 0 Å². The number of carbonyl (C=O) groups is 2. The average molecular weight is 203 g/mol. The smallest absolute Gasteiger partial charge is 0.254 e. The van der Waals surface area contributed by atoms with E-state index in [1.165, 1.54) is 0 Å². The second-order valence-electron chi connectivity index (χ2n) is 2.80. The largest absolute Gasteiger partial charge is 0.367 e.